The highest BCUT2D eigenvalue weighted by Crippen LogP contribution is 2.47. The van der Waals surface area contributed by atoms with Gasteiger partial charge < -0.3 is 14.2 Å². The minimum atomic E-state index is -0.491. The van der Waals surface area contributed by atoms with Crippen LogP contribution in [0.2, 0.25) is 0 Å². The van der Waals surface area contributed by atoms with Crippen LogP contribution in [0.5, 0.6) is 17.2 Å². The average molecular weight is 429 g/mol. The Balaban J connectivity index is 1.54. The lowest BCUT2D eigenvalue weighted by atomic mass is 10.1. The largest absolute Gasteiger partial charge is 0.493 e. The summed E-state index contributed by atoms with van der Waals surface area (Å²) in [5.41, 5.74) is 6.51. The number of ether oxygens (including phenoxy) is 3. The SMILES string of the molecule is COc1cc(C(=O)NC(=S)NNC(=O)[C@H]2C[C@@H]2c2ccccc2)cc(OC)c1OC. The van der Waals surface area contributed by atoms with Crippen LogP contribution in [0.4, 0.5) is 0 Å². The van der Waals surface area contributed by atoms with Gasteiger partial charge in [-0.1, -0.05) is 30.3 Å². The van der Waals surface area contributed by atoms with E-state index >= 15 is 0 Å². The van der Waals surface area contributed by atoms with Crippen LogP contribution in [0, 0.1) is 5.92 Å². The summed E-state index contributed by atoms with van der Waals surface area (Å²) in [6.07, 6.45) is 0.780. The summed E-state index contributed by atoms with van der Waals surface area (Å²) < 4.78 is 15.7. The van der Waals surface area contributed by atoms with Gasteiger partial charge in [-0.05, 0) is 42.3 Å². The highest BCUT2D eigenvalue weighted by Gasteiger charge is 2.43. The maximum atomic E-state index is 12.5. The number of carbonyl (C=O) groups excluding carboxylic acids is 2. The molecule has 0 bridgehead atoms. The van der Waals surface area contributed by atoms with E-state index in [0.717, 1.165) is 12.0 Å². The highest BCUT2D eigenvalue weighted by atomic mass is 32.1. The summed E-state index contributed by atoms with van der Waals surface area (Å²) in [7, 11) is 4.40. The molecule has 2 atom stereocenters. The van der Waals surface area contributed by atoms with E-state index in [1.807, 2.05) is 30.3 Å². The lowest BCUT2D eigenvalue weighted by Crippen LogP contribution is -2.49. The molecule has 0 spiro atoms. The molecule has 2 aromatic rings. The number of nitrogens with one attached hydrogen (secondary N) is 3. The lowest BCUT2D eigenvalue weighted by Gasteiger charge is -2.15. The van der Waals surface area contributed by atoms with Gasteiger partial charge in [0.2, 0.25) is 11.7 Å². The van der Waals surface area contributed by atoms with E-state index in [1.54, 1.807) is 0 Å². The Hall–Kier alpha value is -3.33. The number of thiocarbonyl (C=S) groups is 1. The first-order valence-corrected chi connectivity index (χ1v) is 9.65. The van der Waals surface area contributed by atoms with Crippen LogP contribution < -0.4 is 30.4 Å². The molecule has 3 rings (SSSR count). The van der Waals surface area contributed by atoms with E-state index in [1.165, 1.54) is 33.5 Å². The van der Waals surface area contributed by atoms with Crippen molar-refractivity contribution in [3.8, 4) is 17.2 Å². The Morgan fingerprint density at radius 3 is 2.17 bits per heavy atom. The van der Waals surface area contributed by atoms with Crippen molar-refractivity contribution < 1.29 is 23.8 Å². The third-order valence-corrected chi connectivity index (χ3v) is 5.01. The summed E-state index contributed by atoms with van der Waals surface area (Å²) >= 11 is 5.10. The third kappa shape index (κ3) is 4.80. The number of amides is 2. The van der Waals surface area contributed by atoms with Crippen LogP contribution in [-0.2, 0) is 4.79 Å². The first-order valence-electron chi connectivity index (χ1n) is 9.24. The lowest BCUT2D eigenvalue weighted by molar-refractivity contribution is -0.123. The number of methoxy groups -OCH3 is 3. The van der Waals surface area contributed by atoms with Crippen LogP contribution in [-0.4, -0.2) is 38.3 Å². The van der Waals surface area contributed by atoms with Crippen LogP contribution in [0.3, 0.4) is 0 Å². The number of hydrogen-bond acceptors (Lipinski definition) is 6. The smallest absolute Gasteiger partial charge is 0.257 e. The predicted octanol–water partition coefficient (Wildman–Crippen LogP) is 2.15. The van der Waals surface area contributed by atoms with Gasteiger partial charge in [0.25, 0.3) is 5.91 Å². The van der Waals surface area contributed by atoms with Crippen molar-refractivity contribution in [2.75, 3.05) is 21.3 Å². The molecule has 1 aliphatic carbocycles. The average Bonchev–Trinajstić information content (AvgIpc) is 3.58. The fraction of sp³-hybridized carbons (Fsp3) is 0.286. The van der Waals surface area contributed by atoms with Crippen molar-refractivity contribution in [3.05, 3.63) is 53.6 Å². The van der Waals surface area contributed by atoms with Crippen LogP contribution in [0.25, 0.3) is 0 Å². The van der Waals surface area contributed by atoms with Crippen molar-refractivity contribution in [1.29, 1.82) is 0 Å². The van der Waals surface area contributed by atoms with Crippen molar-refractivity contribution in [3.63, 3.8) is 0 Å². The molecule has 1 fully saturated rings. The van der Waals surface area contributed by atoms with E-state index in [0.29, 0.717) is 17.2 Å². The predicted molar refractivity (Wildman–Crippen MR) is 115 cm³/mol. The third-order valence-electron chi connectivity index (χ3n) is 4.81. The molecule has 1 saturated carbocycles. The van der Waals surface area contributed by atoms with E-state index < -0.39 is 5.91 Å². The number of hydrazine groups is 1. The zero-order valence-corrected chi connectivity index (χ0v) is 17.7. The molecule has 3 N–H and O–H groups in total. The Morgan fingerprint density at radius 2 is 1.60 bits per heavy atom. The molecule has 158 valence electrons. The number of rotatable bonds is 6. The van der Waals surface area contributed by atoms with Gasteiger partial charge in [0, 0.05) is 11.5 Å². The van der Waals surface area contributed by atoms with Crippen LogP contribution in [0.15, 0.2) is 42.5 Å². The van der Waals surface area contributed by atoms with Crippen molar-refractivity contribution in [2.24, 2.45) is 5.92 Å². The molecule has 9 heteroatoms. The maximum absolute atomic E-state index is 12.5. The van der Waals surface area contributed by atoms with Crippen molar-refractivity contribution in [2.45, 2.75) is 12.3 Å². The Morgan fingerprint density at radius 1 is 0.967 bits per heavy atom. The molecule has 0 unspecified atom stereocenters. The first kappa shape index (κ1) is 21.4. The van der Waals surface area contributed by atoms with Gasteiger partial charge in [-0.3, -0.25) is 25.8 Å². The van der Waals surface area contributed by atoms with Crippen LogP contribution >= 0.6 is 12.2 Å². The zero-order valence-electron chi connectivity index (χ0n) is 16.9. The van der Waals surface area contributed by atoms with Gasteiger partial charge in [0.05, 0.1) is 21.3 Å². The molecule has 30 heavy (non-hydrogen) atoms. The zero-order chi connectivity index (χ0) is 21.7. The molecule has 2 aromatic carbocycles. The molecule has 0 radical (unpaired) electrons. The molecule has 2 amide bonds. The summed E-state index contributed by atoms with van der Waals surface area (Å²) in [5, 5.41) is 2.48. The minimum Gasteiger partial charge on any atom is -0.493 e. The molecule has 8 nitrogen and oxygen atoms in total. The van der Waals surface area contributed by atoms with E-state index in [9.17, 15) is 9.59 Å². The van der Waals surface area contributed by atoms with Gasteiger partial charge in [-0.2, -0.15) is 0 Å². The van der Waals surface area contributed by atoms with Crippen LogP contribution in [0.1, 0.15) is 28.3 Å². The van der Waals surface area contributed by atoms with Gasteiger partial charge in [0.1, 0.15) is 0 Å². The second-order valence-corrected chi connectivity index (χ2v) is 7.08. The Kier molecular flexibility index (Phi) is 6.73. The quantitative estimate of drug-likeness (QED) is 0.478. The van der Waals surface area contributed by atoms with Crippen molar-refractivity contribution >= 4 is 29.1 Å². The van der Waals surface area contributed by atoms with E-state index in [2.05, 4.69) is 16.2 Å². The summed E-state index contributed by atoms with van der Waals surface area (Å²) in [5.74, 6) is 0.485. The first-order chi connectivity index (χ1) is 14.5. The summed E-state index contributed by atoms with van der Waals surface area (Å²) in [6, 6.07) is 12.9. The molecule has 0 saturated heterocycles. The topological polar surface area (TPSA) is 97.9 Å². The number of hydrogen-bond donors (Lipinski definition) is 3. The maximum Gasteiger partial charge on any atom is 0.257 e. The Labute approximate surface area is 179 Å². The fourth-order valence-corrected chi connectivity index (χ4v) is 3.33. The van der Waals surface area contributed by atoms with Gasteiger partial charge >= 0.3 is 0 Å². The summed E-state index contributed by atoms with van der Waals surface area (Å²) in [4.78, 5) is 24.8. The molecule has 1 aliphatic rings. The van der Waals surface area contributed by atoms with Gasteiger partial charge in [-0.15, -0.1) is 0 Å². The normalized spacial score (nSPS) is 16.8. The van der Waals surface area contributed by atoms with Crippen molar-refractivity contribution in [1.82, 2.24) is 16.2 Å². The van der Waals surface area contributed by atoms with E-state index in [4.69, 9.17) is 26.4 Å². The monoisotopic (exact) mass is 429 g/mol. The Bertz CT molecular complexity index is 926. The molecule has 0 aromatic heterocycles. The molecular formula is C21H23N3O5S. The molecule has 0 aliphatic heterocycles. The van der Waals surface area contributed by atoms with Gasteiger partial charge in [-0.25, -0.2) is 0 Å². The van der Waals surface area contributed by atoms with Gasteiger partial charge in [0.15, 0.2) is 16.6 Å². The summed E-state index contributed by atoms with van der Waals surface area (Å²) in [6.45, 7) is 0. The highest BCUT2D eigenvalue weighted by molar-refractivity contribution is 7.80. The second-order valence-electron chi connectivity index (χ2n) is 6.67. The molecule has 0 heterocycles. The standard InChI is InChI=1S/C21H23N3O5S/c1-27-16-9-13(10-17(28-2)18(16)29-3)19(25)22-21(30)24-23-20(26)15-11-14(15)12-7-5-4-6-8-12/h4-10,14-15H,11H2,1-3H3,(H,23,26)(H2,22,24,25,30)/t14-,15+/m1/s1. The second kappa shape index (κ2) is 9.45. The fourth-order valence-electron chi connectivity index (χ4n) is 3.18. The number of carbonyl (C=O) groups is 2. The van der Waals surface area contributed by atoms with E-state index in [-0.39, 0.29) is 28.4 Å². The minimum absolute atomic E-state index is 0.0287. The molecular weight excluding hydrogens is 406 g/mol. The number of benzene rings is 2.